The highest BCUT2D eigenvalue weighted by molar-refractivity contribution is 5.28. The Kier molecular flexibility index (Phi) is 8.75. The molecule has 0 N–H and O–H groups in total. The van der Waals surface area contributed by atoms with Crippen LogP contribution in [0.1, 0.15) is 47.5 Å². The average molecular weight is 263 g/mol. The molecular weight excluding hydrogens is 230 g/mol. The van der Waals surface area contributed by atoms with E-state index in [1.165, 1.54) is 25.0 Å². The highest BCUT2D eigenvalue weighted by Gasteiger charge is 2.09. The fraction of sp³-hybridized carbons (Fsp3) is 0.667. The Hall–Kier alpha value is -0.820. The van der Waals surface area contributed by atoms with Gasteiger partial charge in [0.2, 0.25) is 0 Å². The molecule has 0 bridgehead atoms. The summed E-state index contributed by atoms with van der Waals surface area (Å²) >= 11 is 0. The van der Waals surface area contributed by atoms with Crippen LogP contribution in [0.2, 0.25) is 0 Å². The van der Waals surface area contributed by atoms with Crippen LogP contribution in [0.5, 0.6) is 0 Å². The molecule has 0 spiro atoms. The highest BCUT2D eigenvalue weighted by Crippen LogP contribution is 2.23. The molecule has 0 amide bonds. The van der Waals surface area contributed by atoms with Gasteiger partial charge in [0, 0.05) is 12.0 Å². The first kappa shape index (κ1) is 18.2. The normalized spacial score (nSPS) is 18.4. The van der Waals surface area contributed by atoms with E-state index < -0.39 is 0 Å². The molecule has 110 valence electrons. The second kappa shape index (κ2) is 9.14. The van der Waals surface area contributed by atoms with Gasteiger partial charge in [-0.2, -0.15) is 0 Å². The van der Waals surface area contributed by atoms with Gasteiger partial charge >= 0.3 is 0 Å². The molecule has 0 aliphatic heterocycles. The lowest BCUT2D eigenvalue weighted by Crippen LogP contribution is -2.19. The summed E-state index contributed by atoms with van der Waals surface area (Å²) in [5.74, 6) is 0.866. The van der Waals surface area contributed by atoms with Crippen molar-refractivity contribution in [2.75, 3.05) is 20.6 Å². The first-order valence-electron chi connectivity index (χ1n) is 7.47. The zero-order valence-electron chi connectivity index (χ0n) is 14.0. The quantitative estimate of drug-likeness (QED) is 0.684. The third-order valence-corrected chi connectivity index (χ3v) is 3.05. The number of hydrogen-bond acceptors (Lipinski definition) is 1. The van der Waals surface area contributed by atoms with Crippen molar-refractivity contribution in [1.29, 1.82) is 0 Å². The topological polar surface area (TPSA) is 3.24 Å². The lowest BCUT2D eigenvalue weighted by atomic mass is 9.92. The van der Waals surface area contributed by atoms with Gasteiger partial charge < -0.3 is 4.90 Å². The number of rotatable bonds is 4. The van der Waals surface area contributed by atoms with Gasteiger partial charge in [0.05, 0.1) is 0 Å². The second-order valence-corrected chi connectivity index (χ2v) is 6.58. The Balaban J connectivity index is 0.000000344. The maximum atomic E-state index is 2.31. The smallest absolute Gasteiger partial charge is 0.00132 e. The zero-order chi connectivity index (χ0) is 14.9. The Morgan fingerprint density at radius 2 is 1.84 bits per heavy atom. The standard InChI is InChI=1S/C10H14.C8H19N/c1-9-6-4-5-7-10(2,3)8-9;1-5-6-8(2)7-9(3)4/h4-8H,1-3H3;8H,5-7H2,1-4H3. The minimum atomic E-state index is 0.230. The summed E-state index contributed by atoms with van der Waals surface area (Å²) in [7, 11) is 4.26. The molecule has 1 aliphatic rings. The van der Waals surface area contributed by atoms with E-state index in [1.54, 1.807) is 0 Å². The Morgan fingerprint density at radius 1 is 1.21 bits per heavy atom. The van der Waals surface area contributed by atoms with Crippen LogP contribution in [0, 0.1) is 11.3 Å². The van der Waals surface area contributed by atoms with E-state index in [9.17, 15) is 0 Å². The van der Waals surface area contributed by atoms with E-state index in [1.807, 2.05) is 0 Å². The first-order valence-corrected chi connectivity index (χ1v) is 7.47. The lowest BCUT2D eigenvalue weighted by Gasteiger charge is -2.15. The minimum Gasteiger partial charge on any atom is -0.309 e. The Morgan fingerprint density at radius 3 is 2.37 bits per heavy atom. The second-order valence-electron chi connectivity index (χ2n) is 6.58. The third kappa shape index (κ3) is 10.8. The van der Waals surface area contributed by atoms with Crippen molar-refractivity contribution in [3.63, 3.8) is 0 Å². The van der Waals surface area contributed by atoms with Crippen molar-refractivity contribution >= 4 is 0 Å². The predicted molar refractivity (Wildman–Crippen MR) is 88.4 cm³/mol. The van der Waals surface area contributed by atoms with Crippen LogP contribution in [-0.2, 0) is 0 Å². The monoisotopic (exact) mass is 263 g/mol. The molecule has 1 rings (SSSR count). The summed E-state index contributed by atoms with van der Waals surface area (Å²) in [5.41, 5.74) is 1.57. The molecule has 1 heteroatoms. The van der Waals surface area contributed by atoms with Gasteiger partial charge in [-0.15, -0.1) is 0 Å². The molecule has 19 heavy (non-hydrogen) atoms. The molecule has 0 saturated heterocycles. The minimum absolute atomic E-state index is 0.230. The molecule has 1 nitrogen and oxygen atoms in total. The first-order chi connectivity index (χ1) is 8.76. The van der Waals surface area contributed by atoms with Crippen LogP contribution in [0.3, 0.4) is 0 Å². The van der Waals surface area contributed by atoms with Crippen LogP contribution < -0.4 is 0 Å². The van der Waals surface area contributed by atoms with E-state index in [0.717, 1.165) is 5.92 Å². The van der Waals surface area contributed by atoms with Crippen molar-refractivity contribution in [2.45, 2.75) is 47.5 Å². The third-order valence-electron chi connectivity index (χ3n) is 3.05. The van der Waals surface area contributed by atoms with Gasteiger partial charge in [0.25, 0.3) is 0 Å². The SMILES string of the molecule is CC1=CC(C)(C)C=CC=C1.CCCC(C)CN(C)C. The van der Waals surface area contributed by atoms with Crippen LogP contribution in [0.4, 0.5) is 0 Å². The van der Waals surface area contributed by atoms with Gasteiger partial charge in [-0.1, -0.05) is 70.1 Å². The molecule has 1 unspecified atom stereocenters. The summed E-state index contributed by atoms with van der Waals surface area (Å²) in [4.78, 5) is 2.25. The van der Waals surface area contributed by atoms with Crippen LogP contribution in [0.15, 0.2) is 36.0 Å². The maximum Gasteiger partial charge on any atom is 0.00132 e. The van der Waals surface area contributed by atoms with Gasteiger partial charge in [0.15, 0.2) is 0 Å². The summed E-state index contributed by atoms with van der Waals surface area (Å²) < 4.78 is 0. The van der Waals surface area contributed by atoms with Crippen molar-refractivity contribution in [1.82, 2.24) is 4.90 Å². The zero-order valence-corrected chi connectivity index (χ0v) is 14.0. The molecule has 0 heterocycles. The lowest BCUT2D eigenvalue weighted by molar-refractivity contribution is 0.326. The number of nitrogens with zero attached hydrogens (tertiary/aromatic N) is 1. The number of allylic oxidation sites excluding steroid dienone is 6. The van der Waals surface area contributed by atoms with E-state index in [2.05, 4.69) is 84.0 Å². The molecule has 0 aromatic carbocycles. The van der Waals surface area contributed by atoms with Crippen molar-refractivity contribution in [3.05, 3.63) is 36.0 Å². The summed E-state index contributed by atoms with van der Waals surface area (Å²) in [6.45, 7) is 12.3. The van der Waals surface area contributed by atoms with Crippen LogP contribution in [-0.4, -0.2) is 25.5 Å². The van der Waals surface area contributed by atoms with E-state index in [0.29, 0.717) is 0 Å². The Labute approximate surface area is 121 Å². The summed E-state index contributed by atoms with van der Waals surface area (Å²) in [6, 6.07) is 0. The van der Waals surface area contributed by atoms with Crippen LogP contribution >= 0.6 is 0 Å². The predicted octanol–water partition coefficient (Wildman–Crippen LogP) is 5.07. The molecule has 0 fully saturated rings. The molecular formula is C18H33N. The van der Waals surface area contributed by atoms with E-state index in [-0.39, 0.29) is 5.41 Å². The number of hydrogen-bond donors (Lipinski definition) is 0. The van der Waals surface area contributed by atoms with Gasteiger partial charge in [-0.05, 0) is 33.4 Å². The highest BCUT2D eigenvalue weighted by atomic mass is 15.1. The molecule has 1 atom stereocenters. The molecule has 1 aliphatic carbocycles. The maximum absolute atomic E-state index is 2.31. The molecule has 0 radical (unpaired) electrons. The van der Waals surface area contributed by atoms with Gasteiger partial charge in [-0.3, -0.25) is 0 Å². The van der Waals surface area contributed by atoms with Crippen molar-refractivity contribution in [2.24, 2.45) is 11.3 Å². The van der Waals surface area contributed by atoms with Crippen molar-refractivity contribution < 1.29 is 0 Å². The summed E-state index contributed by atoms with van der Waals surface area (Å²) in [6.07, 6.45) is 13.5. The van der Waals surface area contributed by atoms with Gasteiger partial charge in [0.1, 0.15) is 0 Å². The molecule has 0 aromatic rings. The molecule has 0 saturated carbocycles. The van der Waals surface area contributed by atoms with E-state index >= 15 is 0 Å². The van der Waals surface area contributed by atoms with Gasteiger partial charge in [-0.25, -0.2) is 0 Å². The largest absolute Gasteiger partial charge is 0.309 e. The summed E-state index contributed by atoms with van der Waals surface area (Å²) in [5, 5.41) is 0. The fourth-order valence-corrected chi connectivity index (χ4v) is 2.40. The van der Waals surface area contributed by atoms with Crippen LogP contribution in [0.25, 0.3) is 0 Å². The fourth-order valence-electron chi connectivity index (χ4n) is 2.40. The Bertz CT molecular complexity index is 319. The molecule has 0 aromatic heterocycles. The van der Waals surface area contributed by atoms with Crippen molar-refractivity contribution in [3.8, 4) is 0 Å². The van der Waals surface area contributed by atoms with E-state index in [4.69, 9.17) is 0 Å². The average Bonchev–Trinajstić information content (AvgIpc) is 2.38.